The third kappa shape index (κ3) is 3.21. The van der Waals surface area contributed by atoms with E-state index in [-0.39, 0.29) is 6.54 Å². The number of pyridine rings is 1. The van der Waals surface area contributed by atoms with Gasteiger partial charge in [-0.3, -0.25) is 4.79 Å². The quantitative estimate of drug-likeness (QED) is 0.734. The molecule has 1 aromatic rings. The van der Waals surface area contributed by atoms with E-state index in [0.717, 1.165) is 5.56 Å². The van der Waals surface area contributed by atoms with E-state index in [1.165, 1.54) is 0 Å². The Hall–Kier alpha value is -1.62. The zero-order chi connectivity index (χ0) is 11.4. The van der Waals surface area contributed by atoms with Crippen molar-refractivity contribution in [1.29, 1.82) is 0 Å². The maximum atomic E-state index is 10.7. The van der Waals surface area contributed by atoms with E-state index in [1.807, 2.05) is 0 Å². The molecule has 0 bridgehead atoms. The fourth-order valence-electron chi connectivity index (χ4n) is 1.22. The van der Waals surface area contributed by atoms with E-state index in [0.29, 0.717) is 5.82 Å². The molecule has 0 unspecified atom stereocenters. The van der Waals surface area contributed by atoms with Crippen LogP contribution in [0.1, 0.15) is 18.6 Å². The van der Waals surface area contributed by atoms with Crippen LogP contribution in [0.2, 0.25) is 0 Å². The van der Waals surface area contributed by atoms with E-state index < -0.39 is 12.0 Å². The average Bonchev–Trinajstić information content (AvgIpc) is 2.17. The lowest BCUT2D eigenvalue weighted by Gasteiger charge is -2.17. The van der Waals surface area contributed by atoms with E-state index in [2.05, 4.69) is 4.98 Å². The summed E-state index contributed by atoms with van der Waals surface area (Å²) in [5.41, 5.74) is 5.83. The Labute approximate surface area is 88.5 Å². The third-order valence-corrected chi connectivity index (χ3v) is 2.04. The van der Waals surface area contributed by atoms with Gasteiger partial charge in [-0.05, 0) is 24.6 Å². The lowest BCUT2D eigenvalue weighted by molar-refractivity contribution is -0.116. The predicted molar refractivity (Wildman–Crippen MR) is 57.3 cm³/mol. The molecule has 0 radical (unpaired) electrons. The van der Waals surface area contributed by atoms with Crippen LogP contribution < -0.4 is 10.6 Å². The van der Waals surface area contributed by atoms with Gasteiger partial charge in [0.05, 0.1) is 12.6 Å². The maximum absolute atomic E-state index is 10.7. The number of aliphatic hydroxyl groups is 1. The topological polar surface area (TPSA) is 79.5 Å². The molecule has 0 fully saturated rings. The first-order valence-corrected chi connectivity index (χ1v) is 4.64. The number of carbonyl (C=O) groups excluding carboxylic acids is 1. The van der Waals surface area contributed by atoms with Crippen LogP contribution in [0.15, 0.2) is 18.3 Å². The monoisotopic (exact) mass is 209 g/mol. The summed E-state index contributed by atoms with van der Waals surface area (Å²) in [7, 11) is 1.72. The third-order valence-electron chi connectivity index (χ3n) is 2.04. The fourth-order valence-corrected chi connectivity index (χ4v) is 1.22. The van der Waals surface area contributed by atoms with Gasteiger partial charge in [-0.25, -0.2) is 4.98 Å². The number of primary amides is 1. The summed E-state index contributed by atoms with van der Waals surface area (Å²) >= 11 is 0. The molecule has 82 valence electrons. The number of nitrogens with zero attached hydrogens (tertiary/aromatic N) is 2. The Morgan fingerprint density at radius 1 is 1.73 bits per heavy atom. The van der Waals surface area contributed by atoms with Crippen LogP contribution in [0, 0.1) is 0 Å². The molecule has 15 heavy (non-hydrogen) atoms. The highest BCUT2D eigenvalue weighted by Gasteiger charge is 2.07. The van der Waals surface area contributed by atoms with Gasteiger partial charge in [-0.1, -0.05) is 0 Å². The van der Waals surface area contributed by atoms with Gasteiger partial charge in [0, 0.05) is 13.2 Å². The van der Waals surface area contributed by atoms with Crippen molar-refractivity contribution in [2.75, 3.05) is 18.5 Å². The highest BCUT2D eigenvalue weighted by molar-refractivity contribution is 5.79. The highest BCUT2D eigenvalue weighted by atomic mass is 16.3. The first kappa shape index (κ1) is 11.5. The molecule has 0 aliphatic rings. The zero-order valence-electron chi connectivity index (χ0n) is 8.84. The smallest absolute Gasteiger partial charge is 0.236 e. The lowest BCUT2D eigenvalue weighted by atomic mass is 10.2. The van der Waals surface area contributed by atoms with Gasteiger partial charge in [0.15, 0.2) is 0 Å². The fraction of sp³-hybridized carbons (Fsp3) is 0.400. The first-order chi connectivity index (χ1) is 7.00. The molecule has 0 aromatic carbocycles. The van der Waals surface area contributed by atoms with E-state index in [1.54, 1.807) is 37.2 Å². The van der Waals surface area contributed by atoms with Crippen molar-refractivity contribution >= 4 is 11.7 Å². The molecule has 5 heteroatoms. The summed E-state index contributed by atoms with van der Waals surface area (Å²) in [6.07, 6.45) is 1.04. The lowest BCUT2D eigenvalue weighted by Crippen LogP contribution is -2.31. The summed E-state index contributed by atoms with van der Waals surface area (Å²) in [6, 6.07) is 3.46. The Morgan fingerprint density at radius 3 is 2.93 bits per heavy atom. The molecule has 5 nitrogen and oxygen atoms in total. The minimum absolute atomic E-state index is 0.107. The van der Waals surface area contributed by atoms with Crippen LogP contribution in [0.5, 0.6) is 0 Å². The van der Waals surface area contributed by atoms with Crippen LogP contribution in [0.4, 0.5) is 5.82 Å². The number of likely N-dealkylation sites (N-methyl/N-ethyl adjacent to an activating group) is 1. The van der Waals surface area contributed by atoms with E-state index in [4.69, 9.17) is 5.73 Å². The zero-order valence-corrected chi connectivity index (χ0v) is 8.84. The van der Waals surface area contributed by atoms with Gasteiger partial charge in [-0.15, -0.1) is 0 Å². The summed E-state index contributed by atoms with van der Waals surface area (Å²) in [5, 5.41) is 9.37. The van der Waals surface area contributed by atoms with Gasteiger partial charge in [0.2, 0.25) is 5.91 Å². The van der Waals surface area contributed by atoms with Crippen molar-refractivity contribution in [2.24, 2.45) is 5.73 Å². The van der Waals surface area contributed by atoms with Gasteiger partial charge >= 0.3 is 0 Å². The number of anilines is 1. The Bertz CT molecular complexity index is 352. The molecular weight excluding hydrogens is 194 g/mol. The molecular formula is C10H15N3O2. The van der Waals surface area contributed by atoms with Gasteiger partial charge < -0.3 is 15.7 Å². The minimum atomic E-state index is -0.547. The normalized spacial score (nSPS) is 12.2. The van der Waals surface area contributed by atoms with Crippen LogP contribution in [-0.4, -0.2) is 29.6 Å². The Morgan fingerprint density at radius 2 is 2.40 bits per heavy atom. The molecule has 0 aliphatic carbocycles. The molecule has 0 spiro atoms. The summed E-state index contributed by atoms with van der Waals surface area (Å²) in [5.74, 6) is 0.203. The van der Waals surface area contributed by atoms with Crippen LogP contribution in [0.25, 0.3) is 0 Å². The van der Waals surface area contributed by atoms with Crippen molar-refractivity contribution in [2.45, 2.75) is 13.0 Å². The van der Waals surface area contributed by atoms with Crippen molar-refractivity contribution in [3.63, 3.8) is 0 Å². The highest BCUT2D eigenvalue weighted by Crippen LogP contribution is 2.16. The Kier molecular flexibility index (Phi) is 3.62. The van der Waals surface area contributed by atoms with Crippen LogP contribution in [0.3, 0.4) is 0 Å². The predicted octanol–water partition coefficient (Wildman–Crippen LogP) is 0.0564. The molecule has 0 aliphatic heterocycles. The molecule has 0 saturated heterocycles. The summed E-state index contributed by atoms with van der Waals surface area (Å²) < 4.78 is 0. The molecule has 0 saturated carbocycles. The van der Waals surface area contributed by atoms with E-state index in [9.17, 15) is 9.90 Å². The van der Waals surface area contributed by atoms with Crippen molar-refractivity contribution in [3.8, 4) is 0 Å². The second kappa shape index (κ2) is 4.75. The molecule has 1 rings (SSSR count). The number of nitrogens with two attached hydrogens (primary N) is 1. The number of rotatable bonds is 4. The van der Waals surface area contributed by atoms with Gasteiger partial charge in [0.25, 0.3) is 0 Å². The van der Waals surface area contributed by atoms with Gasteiger partial charge in [0.1, 0.15) is 5.82 Å². The molecule has 1 heterocycles. The number of carbonyl (C=O) groups is 1. The van der Waals surface area contributed by atoms with Crippen molar-refractivity contribution in [1.82, 2.24) is 4.98 Å². The second-order valence-corrected chi connectivity index (χ2v) is 3.45. The second-order valence-electron chi connectivity index (χ2n) is 3.45. The van der Waals surface area contributed by atoms with Crippen molar-refractivity contribution < 1.29 is 9.90 Å². The van der Waals surface area contributed by atoms with Crippen molar-refractivity contribution in [3.05, 3.63) is 23.9 Å². The molecule has 1 aromatic heterocycles. The molecule has 1 amide bonds. The number of aromatic nitrogens is 1. The first-order valence-electron chi connectivity index (χ1n) is 4.64. The molecule has 1 atom stereocenters. The standard InChI is InChI=1S/C10H15N3O2/c1-7(14)8-3-4-12-10(5-8)13(2)6-9(11)15/h3-5,7,14H,6H2,1-2H3,(H2,11,15)/t7-/m0/s1. The minimum Gasteiger partial charge on any atom is -0.389 e. The molecule has 3 N–H and O–H groups in total. The van der Waals surface area contributed by atoms with Crippen LogP contribution in [-0.2, 0) is 4.79 Å². The summed E-state index contributed by atoms with van der Waals surface area (Å²) in [6.45, 7) is 1.78. The maximum Gasteiger partial charge on any atom is 0.236 e. The number of hydrogen-bond acceptors (Lipinski definition) is 4. The van der Waals surface area contributed by atoms with Crippen LogP contribution >= 0.6 is 0 Å². The Balaban J connectivity index is 2.85. The summed E-state index contributed by atoms with van der Waals surface area (Å²) in [4.78, 5) is 16.4. The van der Waals surface area contributed by atoms with E-state index >= 15 is 0 Å². The number of aliphatic hydroxyl groups excluding tert-OH is 1. The number of hydrogen-bond donors (Lipinski definition) is 2. The largest absolute Gasteiger partial charge is 0.389 e. The average molecular weight is 209 g/mol. The number of amides is 1. The van der Waals surface area contributed by atoms with Gasteiger partial charge in [-0.2, -0.15) is 0 Å². The SMILES string of the molecule is C[C@H](O)c1ccnc(N(C)CC(N)=O)c1.